The van der Waals surface area contributed by atoms with E-state index in [0.29, 0.717) is 5.41 Å². The number of aryl methyl sites for hydroxylation is 1. The molecule has 0 fully saturated rings. The van der Waals surface area contributed by atoms with E-state index in [4.69, 9.17) is 4.98 Å². The van der Waals surface area contributed by atoms with Gasteiger partial charge >= 0.3 is 195 Å². The molecular formula is C31H27NSTe. The fourth-order valence-corrected chi connectivity index (χ4v) is 9.72. The molecule has 0 amide bonds. The molecule has 0 bridgehead atoms. The normalized spacial score (nSPS) is 12.2. The van der Waals surface area contributed by atoms with Crippen molar-refractivity contribution in [2.75, 3.05) is 0 Å². The minimum absolute atomic E-state index is 0.300. The van der Waals surface area contributed by atoms with Crippen LogP contribution in [0.1, 0.15) is 31.9 Å². The van der Waals surface area contributed by atoms with Gasteiger partial charge in [0.2, 0.25) is 0 Å². The van der Waals surface area contributed by atoms with Crippen molar-refractivity contribution in [3.8, 4) is 21.7 Å². The van der Waals surface area contributed by atoms with Crippen LogP contribution in [0.5, 0.6) is 0 Å². The van der Waals surface area contributed by atoms with Crippen molar-refractivity contribution in [1.82, 2.24) is 4.98 Å². The summed E-state index contributed by atoms with van der Waals surface area (Å²) in [7, 11) is 0. The van der Waals surface area contributed by atoms with Gasteiger partial charge in [-0.3, -0.25) is 0 Å². The zero-order chi connectivity index (χ0) is 23.4. The van der Waals surface area contributed by atoms with Crippen molar-refractivity contribution >= 4 is 59.4 Å². The molecule has 0 unspecified atom stereocenters. The Hall–Kier alpha value is -2.44. The molecular weight excluding hydrogens is 546 g/mol. The molecule has 0 saturated carbocycles. The van der Waals surface area contributed by atoms with E-state index in [1.54, 1.807) is 3.40 Å². The molecule has 0 aliphatic carbocycles. The Balaban J connectivity index is 1.51. The van der Waals surface area contributed by atoms with Crippen molar-refractivity contribution in [1.29, 1.82) is 0 Å². The third-order valence-electron chi connectivity index (χ3n) is 6.46. The summed E-state index contributed by atoms with van der Waals surface area (Å²) in [6.45, 7) is 9.16. The molecule has 0 spiro atoms. The second kappa shape index (κ2) is 8.35. The van der Waals surface area contributed by atoms with Crippen molar-refractivity contribution < 1.29 is 0 Å². The maximum absolute atomic E-state index is 4.95. The van der Waals surface area contributed by atoms with Crippen LogP contribution in [0.25, 0.3) is 49.4 Å². The predicted molar refractivity (Wildman–Crippen MR) is 150 cm³/mol. The fourth-order valence-electron chi connectivity index (χ4n) is 4.94. The van der Waals surface area contributed by atoms with E-state index in [9.17, 15) is 0 Å². The van der Waals surface area contributed by atoms with E-state index in [-0.39, 0.29) is 0 Å². The molecule has 0 aliphatic heterocycles. The summed E-state index contributed by atoms with van der Waals surface area (Å²) in [4.78, 5) is 6.31. The van der Waals surface area contributed by atoms with Crippen LogP contribution in [-0.4, -0.2) is 25.4 Å². The molecule has 0 radical (unpaired) electrons. The van der Waals surface area contributed by atoms with Gasteiger partial charge in [0.05, 0.1) is 0 Å². The Labute approximate surface area is 214 Å². The summed E-state index contributed by atoms with van der Waals surface area (Å²) in [6, 6.07) is 27.1. The number of rotatable bonds is 3. The Morgan fingerprint density at radius 1 is 0.824 bits per heavy atom. The summed E-state index contributed by atoms with van der Waals surface area (Å²) in [5, 5.41) is 4.17. The predicted octanol–water partition coefficient (Wildman–Crippen LogP) is 8.89. The van der Waals surface area contributed by atoms with Gasteiger partial charge in [0.15, 0.2) is 0 Å². The molecule has 3 heteroatoms. The first-order chi connectivity index (χ1) is 16.4. The molecule has 6 aromatic rings. The molecule has 0 aliphatic rings. The number of aromatic nitrogens is 1. The van der Waals surface area contributed by atoms with E-state index >= 15 is 0 Å². The van der Waals surface area contributed by atoms with Crippen molar-refractivity contribution in [3.05, 3.63) is 90.1 Å². The van der Waals surface area contributed by atoms with E-state index in [2.05, 4.69) is 100 Å². The average Bonchev–Trinajstić information content (AvgIpc) is 3.37. The van der Waals surface area contributed by atoms with Crippen molar-refractivity contribution in [2.45, 2.75) is 34.1 Å². The molecule has 3 aromatic heterocycles. The molecule has 1 nitrogen and oxygen atoms in total. The third kappa shape index (κ3) is 3.81. The zero-order valence-corrected chi connectivity index (χ0v) is 23.1. The fraction of sp³-hybridized carbons (Fsp3) is 0.194. The molecule has 3 heterocycles. The number of nitrogens with zero attached hydrogens (tertiary/aromatic N) is 1. The number of pyridine rings is 1. The van der Waals surface area contributed by atoms with Gasteiger partial charge < -0.3 is 0 Å². The van der Waals surface area contributed by atoms with E-state index in [0.717, 1.165) is 12.1 Å². The van der Waals surface area contributed by atoms with Gasteiger partial charge in [-0.1, -0.05) is 20.8 Å². The summed E-state index contributed by atoms with van der Waals surface area (Å²) in [5.74, 6) is 0. The second-order valence-electron chi connectivity index (χ2n) is 10.3. The Kier molecular flexibility index (Phi) is 5.41. The Morgan fingerprint density at radius 3 is 2.38 bits per heavy atom. The monoisotopic (exact) mass is 575 g/mol. The van der Waals surface area contributed by atoms with E-state index < -0.39 is 20.4 Å². The topological polar surface area (TPSA) is 12.9 Å². The van der Waals surface area contributed by atoms with Gasteiger partial charge in [0, 0.05) is 0 Å². The SMILES string of the molecule is Cc1c(-c2ccc(CC(C)(C)C)cc2)sc2c(-c3cccc4c3[te]c3ccccc34)nccc12. The van der Waals surface area contributed by atoms with Crippen LogP contribution < -0.4 is 0 Å². The number of thiophene rings is 1. The van der Waals surface area contributed by atoms with Gasteiger partial charge in [-0.15, -0.1) is 0 Å². The number of hydrogen-bond donors (Lipinski definition) is 0. The standard InChI is InChI=1S/C31H27NSTe/c1-19-22-16-17-32-27(25-10-7-9-24-23-8-5-6-11-26(23)34-30(24)25)29(22)33-28(19)21-14-12-20(13-15-21)18-31(2,3)4/h5-17H,18H2,1-4H3. The number of fused-ring (bicyclic) bond motifs is 4. The average molecular weight is 573 g/mol. The van der Waals surface area contributed by atoms with Crippen LogP contribution in [0.4, 0.5) is 0 Å². The molecule has 0 N–H and O–H groups in total. The van der Waals surface area contributed by atoms with Crippen LogP contribution >= 0.6 is 11.3 Å². The minimum atomic E-state index is -0.412. The molecule has 0 saturated heterocycles. The quantitative estimate of drug-likeness (QED) is 0.193. The van der Waals surface area contributed by atoms with E-state index in [1.807, 2.05) is 17.5 Å². The molecule has 168 valence electrons. The second-order valence-corrected chi connectivity index (χ2v) is 14.3. The van der Waals surface area contributed by atoms with Crippen LogP contribution in [0, 0.1) is 12.3 Å². The summed E-state index contributed by atoms with van der Waals surface area (Å²) >= 11 is 1.49. The van der Waals surface area contributed by atoms with Crippen LogP contribution in [0.3, 0.4) is 0 Å². The number of hydrogen-bond acceptors (Lipinski definition) is 2. The molecule has 3 aromatic carbocycles. The van der Waals surface area contributed by atoms with Gasteiger partial charge in [0.1, 0.15) is 0 Å². The maximum atomic E-state index is 4.95. The van der Waals surface area contributed by atoms with Gasteiger partial charge in [-0.25, -0.2) is 0 Å². The number of benzene rings is 3. The summed E-state index contributed by atoms with van der Waals surface area (Å²) in [5.41, 5.74) is 6.85. The Morgan fingerprint density at radius 2 is 1.59 bits per heavy atom. The third-order valence-corrected chi connectivity index (χ3v) is 11.3. The van der Waals surface area contributed by atoms with Crippen LogP contribution in [-0.2, 0) is 6.42 Å². The van der Waals surface area contributed by atoms with Gasteiger partial charge in [-0.05, 0) is 0 Å². The first-order valence-corrected chi connectivity index (χ1v) is 14.9. The first-order valence-electron chi connectivity index (χ1n) is 11.8. The molecule has 34 heavy (non-hydrogen) atoms. The van der Waals surface area contributed by atoms with Gasteiger partial charge in [-0.2, -0.15) is 0 Å². The molecule has 6 rings (SSSR count). The van der Waals surface area contributed by atoms with Crippen molar-refractivity contribution in [3.63, 3.8) is 0 Å². The van der Waals surface area contributed by atoms with E-state index in [1.165, 1.54) is 51.4 Å². The molecule has 0 atom stereocenters. The Bertz CT molecular complexity index is 1660. The van der Waals surface area contributed by atoms with Crippen LogP contribution in [0.2, 0.25) is 0 Å². The zero-order valence-electron chi connectivity index (χ0n) is 20.0. The first kappa shape index (κ1) is 22.1. The van der Waals surface area contributed by atoms with Gasteiger partial charge in [0.25, 0.3) is 0 Å². The van der Waals surface area contributed by atoms with Crippen molar-refractivity contribution in [2.24, 2.45) is 5.41 Å². The van der Waals surface area contributed by atoms with Crippen LogP contribution in [0.15, 0.2) is 79.0 Å². The summed E-state index contributed by atoms with van der Waals surface area (Å²) in [6.07, 6.45) is 3.09. The summed E-state index contributed by atoms with van der Waals surface area (Å²) < 4.78 is 4.39.